The number of benzene rings is 1. The van der Waals surface area contributed by atoms with Crippen LogP contribution in [0.4, 0.5) is 0 Å². The van der Waals surface area contributed by atoms with Gasteiger partial charge in [-0.05, 0) is 38.1 Å². The third kappa shape index (κ3) is 3.76. The number of piperazine rings is 1. The van der Waals surface area contributed by atoms with Crippen molar-refractivity contribution in [2.45, 2.75) is 18.7 Å². The van der Waals surface area contributed by atoms with Crippen molar-refractivity contribution in [2.24, 2.45) is 0 Å². The molecule has 0 N–H and O–H groups in total. The van der Waals surface area contributed by atoms with Crippen LogP contribution in [0.25, 0.3) is 5.78 Å². The SMILES string of the molecule is Cc1cc(C)n2nc(C(=O)N3CCN(S(=O)(=O)c4ccc(Cl)c(Cl)c4)CC3)nc2n1. The summed E-state index contributed by atoms with van der Waals surface area (Å²) in [5, 5.41) is 4.71. The van der Waals surface area contributed by atoms with Crippen LogP contribution in [0.2, 0.25) is 10.0 Å². The molecule has 0 aliphatic carbocycles. The van der Waals surface area contributed by atoms with Gasteiger partial charge in [0.05, 0.1) is 14.9 Å². The standard InChI is InChI=1S/C18H18Cl2N6O3S/c1-11-9-12(2)26-18(21-11)22-16(23-26)17(27)24-5-7-25(8-6-24)30(28,29)13-3-4-14(19)15(20)10-13/h3-4,9-10H,5-8H2,1-2H3. The number of aryl methyl sites for hydroxylation is 2. The number of sulfonamides is 1. The quantitative estimate of drug-likeness (QED) is 0.583. The summed E-state index contributed by atoms with van der Waals surface area (Å²) in [6.07, 6.45) is 0. The van der Waals surface area contributed by atoms with Gasteiger partial charge in [-0.3, -0.25) is 4.79 Å². The Hall–Kier alpha value is -2.27. The molecule has 1 aliphatic rings. The number of carbonyl (C=O) groups excluding carboxylic acids is 1. The topological polar surface area (TPSA) is 101 Å². The number of fused-ring (bicyclic) bond motifs is 1. The second-order valence-corrected chi connectivity index (χ2v) is 9.71. The fraction of sp³-hybridized carbons (Fsp3) is 0.333. The first-order valence-corrected chi connectivity index (χ1v) is 11.3. The van der Waals surface area contributed by atoms with Gasteiger partial charge < -0.3 is 4.90 Å². The van der Waals surface area contributed by atoms with Gasteiger partial charge in [-0.1, -0.05) is 23.2 Å². The number of aromatic nitrogens is 4. The molecule has 2 aromatic heterocycles. The van der Waals surface area contributed by atoms with E-state index < -0.39 is 10.0 Å². The molecular weight excluding hydrogens is 451 g/mol. The zero-order valence-corrected chi connectivity index (χ0v) is 18.5. The Morgan fingerprint density at radius 2 is 1.70 bits per heavy atom. The number of hydrogen-bond donors (Lipinski definition) is 0. The van der Waals surface area contributed by atoms with Crippen LogP contribution in [0.15, 0.2) is 29.2 Å². The number of nitrogens with zero attached hydrogens (tertiary/aromatic N) is 6. The van der Waals surface area contributed by atoms with Crippen LogP contribution in [-0.2, 0) is 10.0 Å². The molecule has 1 fully saturated rings. The predicted molar refractivity (Wildman–Crippen MR) is 111 cm³/mol. The lowest BCUT2D eigenvalue weighted by Gasteiger charge is -2.33. The van der Waals surface area contributed by atoms with E-state index in [4.69, 9.17) is 23.2 Å². The third-order valence-corrected chi connectivity index (χ3v) is 7.50. The second kappa shape index (κ2) is 7.77. The van der Waals surface area contributed by atoms with Crippen molar-refractivity contribution in [3.05, 3.63) is 51.5 Å². The van der Waals surface area contributed by atoms with Crippen molar-refractivity contribution in [3.63, 3.8) is 0 Å². The molecule has 0 saturated carbocycles. The van der Waals surface area contributed by atoms with E-state index in [1.165, 1.54) is 31.9 Å². The molecule has 0 unspecified atom stereocenters. The predicted octanol–water partition coefficient (Wildman–Crippen LogP) is 2.19. The molecule has 9 nitrogen and oxygen atoms in total. The fourth-order valence-electron chi connectivity index (χ4n) is 3.32. The van der Waals surface area contributed by atoms with E-state index in [0.29, 0.717) is 5.78 Å². The van der Waals surface area contributed by atoms with Gasteiger partial charge >= 0.3 is 0 Å². The van der Waals surface area contributed by atoms with Gasteiger partial charge in [0.15, 0.2) is 0 Å². The highest BCUT2D eigenvalue weighted by atomic mass is 35.5. The molecule has 1 aliphatic heterocycles. The van der Waals surface area contributed by atoms with E-state index in [2.05, 4.69) is 15.1 Å². The van der Waals surface area contributed by atoms with Crippen LogP contribution >= 0.6 is 23.2 Å². The molecule has 30 heavy (non-hydrogen) atoms. The average molecular weight is 469 g/mol. The molecule has 4 rings (SSSR count). The molecule has 3 aromatic rings. The summed E-state index contributed by atoms with van der Waals surface area (Å²) < 4.78 is 28.6. The largest absolute Gasteiger partial charge is 0.333 e. The van der Waals surface area contributed by atoms with Crippen LogP contribution in [0.5, 0.6) is 0 Å². The Kier molecular flexibility index (Phi) is 5.43. The highest BCUT2D eigenvalue weighted by molar-refractivity contribution is 7.89. The van der Waals surface area contributed by atoms with Crippen LogP contribution in [-0.4, -0.2) is 69.3 Å². The summed E-state index contributed by atoms with van der Waals surface area (Å²) in [7, 11) is -3.74. The lowest BCUT2D eigenvalue weighted by molar-refractivity contribution is 0.0686. The fourth-order valence-corrected chi connectivity index (χ4v) is 5.13. The minimum absolute atomic E-state index is 0.0389. The van der Waals surface area contributed by atoms with E-state index in [9.17, 15) is 13.2 Å². The Morgan fingerprint density at radius 3 is 2.37 bits per heavy atom. The molecule has 0 spiro atoms. The summed E-state index contributed by atoms with van der Waals surface area (Å²) in [5.41, 5.74) is 1.61. The van der Waals surface area contributed by atoms with Crippen molar-refractivity contribution in [1.29, 1.82) is 0 Å². The van der Waals surface area contributed by atoms with Crippen molar-refractivity contribution in [3.8, 4) is 0 Å². The summed E-state index contributed by atoms with van der Waals surface area (Å²) in [6.45, 7) is 4.45. The van der Waals surface area contributed by atoms with Crippen molar-refractivity contribution < 1.29 is 13.2 Å². The molecule has 1 aromatic carbocycles. The van der Waals surface area contributed by atoms with Crippen LogP contribution in [0.1, 0.15) is 22.0 Å². The molecule has 1 amide bonds. The van der Waals surface area contributed by atoms with E-state index in [1.54, 1.807) is 0 Å². The van der Waals surface area contributed by atoms with E-state index >= 15 is 0 Å². The van der Waals surface area contributed by atoms with Gasteiger partial charge in [-0.25, -0.2) is 17.9 Å². The zero-order chi connectivity index (χ0) is 21.6. The maximum Gasteiger partial charge on any atom is 0.293 e. The maximum absolute atomic E-state index is 12.9. The highest BCUT2D eigenvalue weighted by Gasteiger charge is 2.32. The van der Waals surface area contributed by atoms with Gasteiger partial charge in [0, 0.05) is 37.6 Å². The molecule has 12 heteroatoms. The summed E-state index contributed by atoms with van der Waals surface area (Å²) in [4.78, 5) is 23.0. The Bertz CT molecular complexity index is 1250. The molecule has 158 valence electrons. The number of amides is 1. The Morgan fingerprint density at radius 1 is 1.00 bits per heavy atom. The van der Waals surface area contributed by atoms with Crippen LogP contribution in [0, 0.1) is 13.8 Å². The van der Waals surface area contributed by atoms with Gasteiger partial charge in [0.1, 0.15) is 0 Å². The molecule has 0 radical (unpaired) electrons. The Balaban J connectivity index is 1.49. The minimum atomic E-state index is -3.74. The number of hydrogen-bond acceptors (Lipinski definition) is 6. The van der Waals surface area contributed by atoms with Crippen LogP contribution < -0.4 is 0 Å². The summed E-state index contributed by atoms with van der Waals surface area (Å²) in [6, 6.07) is 6.04. The van der Waals surface area contributed by atoms with Crippen molar-refractivity contribution in [2.75, 3.05) is 26.2 Å². The lowest BCUT2D eigenvalue weighted by atomic mass is 10.3. The average Bonchev–Trinajstić information content (AvgIpc) is 3.14. The van der Waals surface area contributed by atoms with Gasteiger partial charge in [0.25, 0.3) is 11.7 Å². The zero-order valence-electron chi connectivity index (χ0n) is 16.2. The smallest absolute Gasteiger partial charge is 0.293 e. The second-order valence-electron chi connectivity index (χ2n) is 6.96. The third-order valence-electron chi connectivity index (χ3n) is 4.86. The maximum atomic E-state index is 12.9. The molecule has 0 atom stereocenters. The Labute approximate surface area is 183 Å². The molecular formula is C18H18Cl2N6O3S. The highest BCUT2D eigenvalue weighted by Crippen LogP contribution is 2.27. The molecule has 0 bridgehead atoms. The van der Waals surface area contributed by atoms with E-state index in [0.717, 1.165) is 11.4 Å². The van der Waals surface area contributed by atoms with Gasteiger partial charge in [0.2, 0.25) is 15.8 Å². The minimum Gasteiger partial charge on any atom is -0.333 e. The van der Waals surface area contributed by atoms with E-state index in [1.807, 2.05) is 19.9 Å². The van der Waals surface area contributed by atoms with E-state index in [-0.39, 0.29) is 52.9 Å². The lowest BCUT2D eigenvalue weighted by Crippen LogP contribution is -2.50. The first-order chi connectivity index (χ1) is 14.2. The number of halogens is 2. The van der Waals surface area contributed by atoms with Crippen molar-refractivity contribution in [1.82, 2.24) is 28.8 Å². The number of carbonyl (C=O) groups is 1. The first-order valence-electron chi connectivity index (χ1n) is 9.12. The first kappa shape index (κ1) is 21.0. The van der Waals surface area contributed by atoms with Gasteiger partial charge in [-0.2, -0.15) is 9.29 Å². The molecule has 1 saturated heterocycles. The van der Waals surface area contributed by atoms with Gasteiger partial charge in [-0.15, -0.1) is 5.10 Å². The summed E-state index contributed by atoms with van der Waals surface area (Å²) in [5.74, 6) is 0.0396. The summed E-state index contributed by atoms with van der Waals surface area (Å²) >= 11 is 11.8. The van der Waals surface area contributed by atoms with Crippen LogP contribution in [0.3, 0.4) is 0 Å². The monoisotopic (exact) mass is 468 g/mol. The van der Waals surface area contributed by atoms with Crippen molar-refractivity contribution >= 4 is 44.9 Å². The number of rotatable bonds is 3. The normalized spacial score (nSPS) is 15.7. The molecule has 3 heterocycles.